The maximum Gasteiger partial charge on any atom is 0.0595 e. The van der Waals surface area contributed by atoms with E-state index < -0.39 is 0 Å². The minimum absolute atomic E-state index is 0.643. The molecule has 1 nitrogen and oxygen atoms in total. The van der Waals surface area contributed by atoms with Crippen LogP contribution < -0.4 is 5.32 Å². The molecule has 0 saturated carbocycles. The third kappa shape index (κ3) is 3.38. The summed E-state index contributed by atoms with van der Waals surface area (Å²) in [4.78, 5) is 0. The number of hydrogen-bond donors (Lipinski definition) is 1. The molecule has 16 heavy (non-hydrogen) atoms. The Morgan fingerprint density at radius 2 is 2.06 bits per heavy atom. The van der Waals surface area contributed by atoms with Gasteiger partial charge < -0.3 is 5.32 Å². The highest BCUT2D eigenvalue weighted by Crippen LogP contribution is 2.25. The molecule has 0 radical (unpaired) electrons. The second-order valence-electron chi connectivity index (χ2n) is 4.52. The zero-order valence-electron chi connectivity index (χ0n) is 9.31. The van der Waals surface area contributed by atoms with Crippen molar-refractivity contribution in [3.05, 3.63) is 33.8 Å². The molecule has 88 valence electrons. The molecule has 1 fully saturated rings. The first-order valence-corrected chi connectivity index (χ1v) is 6.66. The Hall–Kier alpha value is -0.240. The van der Waals surface area contributed by atoms with Crippen molar-refractivity contribution >= 4 is 23.2 Å². The van der Waals surface area contributed by atoms with Crippen LogP contribution in [0.3, 0.4) is 0 Å². The number of nitrogens with one attached hydrogen (secondary N) is 1. The number of rotatable bonds is 2. The second-order valence-corrected chi connectivity index (χ2v) is 5.33. The summed E-state index contributed by atoms with van der Waals surface area (Å²) in [5.41, 5.74) is 1.29. The fraction of sp³-hybridized carbons (Fsp3) is 0.538. The van der Waals surface area contributed by atoms with Crippen molar-refractivity contribution in [2.75, 3.05) is 13.1 Å². The van der Waals surface area contributed by atoms with Crippen LogP contribution in [-0.2, 0) is 6.42 Å². The van der Waals surface area contributed by atoms with Gasteiger partial charge in [-0.05, 0) is 56.0 Å². The molecular formula is C13H17Cl2N. The van der Waals surface area contributed by atoms with Crippen LogP contribution >= 0.6 is 23.2 Å². The monoisotopic (exact) mass is 257 g/mol. The van der Waals surface area contributed by atoms with E-state index in [2.05, 4.69) is 11.4 Å². The van der Waals surface area contributed by atoms with Crippen LogP contribution in [-0.4, -0.2) is 13.1 Å². The summed E-state index contributed by atoms with van der Waals surface area (Å²) in [7, 11) is 0. The molecule has 1 aliphatic heterocycles. The van der Waals surface area contributed by atoms with Gasteiger partial charge in [-0.1, -0.05) is 35.7 Å². The quantitative estimate of drug-likeness (QED) is 0.847. The van der Waals surface area contributed by atoms with Crippen LogP contribution in [0, 0.1) is 5.92 Å². The van der Waals surface area contributed by atoms with E-state index in [1.807, 2.05) is 12.1 Å². The first kappa shape index (κ1) is 12.2. The summed E-state index contributed by atoms with van der Waals surface area (Å²) in [5.74, 6) is 0.736. The highest BCUT2D eigenvalue weighted by molar-refractivity contribution is 6.42. The lowest BCUT2D eigenvalue weighted by Gasteiger charge is -2.14. The molecule has 3 heteroatoms. The Kier molecular flexibility index (Phi) is 4.51. The third-order valence-electron chi connectivity index (χ3n) is 3.16. The fourth-order valence-corrected chi connectivity index (χ4v) is 2.59. The summed E-state index contributed by atoms with van der Waals surface area (Å²) >= 11 is 11.9. The Morgan fingerprint density at radius 1 is 1.19 bits per heavy atom. The van der Waals surface area contributed by atoms with Gasteiger partial charge in [0.2, 0.25) is 0 Å². The first-order valence-electron chi connectivity index (χ1n) is 5.90. The van der Waals surface area contributed by atoms with E-state index in [4.69, 9.17) is 23.2 Å². The van der Waals surface area contributed by atoms with E-state index >= 15 is 0 Å². The van der Waals surface area contributed by atoms with Crippen molar-refractivity contribution in [3.63, 3.8) is 0 Å². The highest BCUT2D eigenvalue weighted by Gasteiger charge is 2.12. The fourth-order valence-electron chi connectivity index (χ4n) is 2.27. The van der Waals surface area contributed by atoms with Crippen LogP contribution in [0.5, 0.6) is 0 Å². The molecule has 0 spiro atoms. The van der Waals surface area contributed by atoms with Gasteiger partial charge in [0.15, 0.2) is 0 Å². The van der Waals surface area contributed by atoms with Crippen molar-refractivity contribution in [1.29, 1.82) is 0 Å². The SMILES string of the molecule is Clc1ccc(CC2CCCCNC2)cc1Cl. The molecule has 1 aromatic carbocycles. The molecule has 2 rings (SSSR count). The van der Waals surface area contributed by atoms with Crippen LogP contribution in [0.15, 0.2) is 18.2 Å². The average Bonchev–Trinajstić information content (AvgIpc) is 2.52. The van der Waals surface area contributed by atoms with Gasteiger partial charge in [-0.3, -0.25) is 0 Å². The Labute approximate surface area is 107 Å². The van der Waals surface area contributed by atoms with Crippen molar-refractivity contribution in [2.45, 2.75) is 25.7 Å². The van der Waals surface area contributed by atoms with E-state index in [1.54, 1.807) is 0 Å². The van der Waals surface area contributed by atoms with Crippen LogP contribution in [0.1, 0.15) is 24.8 Å². The smallest absolute Gasteiger partial charge is 0.0595 e. The summed E-state index contributed by atoms with van der Waals surface area (Å²) < 4.78 is 0. The predicted molar refractivity (Wildman–Crippen MR) is 70.4 cm³/mol. The number of halogens is 2. The topological polar surface area (TPSA) is 12.0 Å². The summed E-state index contributed by atoms with van der Waals surface area (Å²) in [5, 5.41) is 4.79. The predicted octanol–water partition coefficient (Wildman–Crippen LogP) is 3.93. The molecule has 1 aliphatic rings. The van der Waals surface area contributed by atoms with Crippen LogP contribution in [0.25, 0.3) is 0 Å². The van der Waals surface area contributed by atoms with Gasteiger partial charge in [0.1, 0.15) is 0 Å². The molecule has 1 saturated heterocycles. The molecular weight excluding hydrogens is 241 g/mol. The number of benzene rings is 1. The molecule has 0 aromatic heterocycles. The van der Waals surface area contributed by atoms with Gasteiger partial charge in [0.25, 0.3) is 0 Å². The van der Waals surface area contributed by atoms with Gasteiger partial charge in [-0.15, -0.1) is 0 Å². The largest absolute Gasteiger partial charge is 0.316 e. The first-order chi connectivity index (χ1) is 7.75. The minimum Gasteiger partial charge on any atom is -0.316 e. The van der Waals surface area contributed by atoms with E-state index in [0.717, 1.165) is 25.4 Å². The normalized spacial score (nSPS) is 21.8. The number of hydrogen-bond acceptors (Lipinski definition) is 1. The van der Waals surface area contributed by atoms with Crippen molar-refractivity contribution in [2.24, 2.45) is 5.92 Å². The van der Waals surface area contributed by atoms with Crippen LogP contribution in [0.4, 0.5) is 0 Å². The molecule has 1 heterocycles. The molecule has 0 aliphatic carbocycles. The standard InChI is InChI=1S/C13H17Cl2N/c14-12-5-4-10(8-13(12)15)7-11-3-1-2-6-16-9-11/h4-5,8,11,16H,1-3,6-7,9H2. The average molecular weight is 258 g/mol. The lowest BCUT2D eigenvalue weighted by Crippen LogP contribution is -2.21. The van der Waals surface area contributed by atoms with Gasteiger partial charge >= 0.3 is 0 Å². The Balaban J connectivity index is 1.99. The molecule has 0 bridgehead atoms. The molecule has 0 amide bonds. The zero-order valence-corrected chi connectivity index (χ0v) is 10.8. The third-order valence-corrected chi connectivity index (χ3v) is 3.90. The molecule has 1 unspecified atom stereocenters. The van der Waals surface area contributed by atoms with Gasteiger partial charge in [-0.25, -0.2) is 0 Å². The van der Waals surface area contributed by atoms with E-state index in [0.29, 0.717) is 10.0 Å². The minimum atomic E-state index is 0.643. The maximum atomic E-state index is 6.02. The second kappa shape index (κ2) is 5.90. The van der Waals surface area contributed by atoms with Gasteiger partial charge in [0.05, 0.1) is 10.0 Å². The van der Waals surface area contributed by atoms with E-state index in [1.165, 1.54) is 24.8 Å². The summed E-state index contributed by atoms with van der Waals surface area (Å²) in [6, 6.07) is 5.97. The van der Waals surface area contributed by atoms with E-state index in [9.17, 15) is 0 Å². The molecule has 1 N–H and O–H groups in total. The lowest BCUT2D eigenvalue weighted by molar-refractivity contribution is 0.477. The van der Waals surface area contributed by atoms with Gasteiger partial charge in [0, 0.05) is 0 Å². The van der Waals surface area contributed by atoms with Crippen LogP contribution in [0.2, 0.25) is 10.0 Å². The van der Waals surface area contributed by atoms with Crippen molar-refractivity contribution < 1.29 is 0 Å². The Bertz CT molecular complexity index is 344. The Morgan fingerprint density at radius 3 is 2.88 bits per heavy atom. The van der Waals surface area contributed by atoms with Gasteiger partial charge in [-0.2, -0.15) is 0 Å². The molecule has 1 aromatic rings. The van der Waals surface area contributed by atoms with Crippen molar-refractivity contribution in [1.82, 2.24) is 5.32 Å². The maximum absolute atomic E-state index is 6.02. The van der Waals surface area contributed by atoms with Crippen molar-refractivity contribution in [3.8, 4) is 0 Å². The lowest BCUT2D eigenvalue weighted by atomic mass is 9.95. The molecule has 1 atom stereocenters. The zero-order chi connectivity index (χ0) is 11.4. The van der Waals surface area contributed by atoms with E-state index in [-0.39, 0.29) is 0 Å². The summed E-state index contributed by atoms with van der Waals surface area (Å²) in [6.45, 7) is 2.29. The highest BCUT2D eigenvalue weighted by atomic mass is 35.5. The summed E-state index contributed by atoms with van der Waals surface area (Å²) in [6.07, 6.45) is 5.05.